The van der Waals surface area contributed by atoms with E-state index in [2.05, 4.69) is 10.1 Å². The van der Waals surface area contributed by atoms with Gasteiger partial charge in [-0.2, -0.15) is 0 Å². The Labute approximate surface area is 146 Å². The largest absolute Gasteiger partial charge is 0.360 e. The fourth-order valence-corrected chi connectivity index (χ4v) is 3.62. The van der Waals surface area contributed by atoms with Crippen molar-refractivity contribution in [3.05, 3.63) is 53.2 Å². The first-order valence-electron chi connectivity index (χ1n) is 8.79. The van der Waals surface area contributed by atoms with Crippen LogP contribution in [0, 0.1) is 18.7 Å². The highest BCUT2D eigenvalue weighted by atomic mass is 19.1. The maximum atomic E-state index is 13.0. The Balaban J connectivity index is 1.28. The van der Waals surface area contributed by atoms with Gasteiger partial charge in [0.05, 0.1) is 12.2 Å². The fourth-order valence-electron chi connectivity index (χ4n) is 3.62. The van der Waals surface area contributed by atoms with Crippen molar-refractivity contribution in [3.8, 4) is 0 Å². The number of hydrogen-bond acceptors (Lipinski definition) is 4. The summed E-state index contributed by atoms with van der Waals surface area (Å²) < 4.78 is 18.3. The lowest BCUT2D eigenvalue weighted by atomic mass is 10.1. The summed E-state index contributed by atoms with van der Waals surface area (Å²) in [4.78, 5) is 16.9. The van der Waals surface area contributed by atoms with Crippen LogP contribution in [0.25, 0.3) is 0 Å². The third-order valence-corrected chi connectivity index (χ3v) is 5.15. The van der Waals surface area contributed by atoms with Crippen LogP contribution in [0.5, 0.6) is 0 Å². The molecular weight excluding hydrogens is 321 g/mol. The van der Waals surface area contributed by atoms with E-state index >= 15 is 0 Å². The minimum absolute atomic E-state index is 0.0638. The third kappa shape index (κ3) is 3.58. The van der Waals surface area contributed by atoms with Gasteiger partial charge in [-0.1, -0.05) is 17.3 Å². The number of carbonyl (C=O) groups is 1. The molecule has 2 aromatic rings. The lowest BCUT2D eigenvalue weighted by Crippen LogP contribution is -2.48. The number of aromatic nitrogens is 1. The molecule has 5 nitrogen and oxygen atoms in total. The lowest BCUT2D eigenvalue weighted by molar-refractivity contribution is -0.134. The molecule has 2 aliphatic rings. The second kappa shape index (κ2) is 6.59. The van der Waals surface area contributed by atoms with Crippen LogP contribution in [0.1, 0.15) is 29.4 Å². The van der Waals surface area contributed by atoms with Crippen LogP contribution in [0.3, 0.4) is 0 Å². The monoisotopic (exact) mass is 343 g/mol. The van der Waals surface area contributed by atoms with Crippen LogP contribution in [0.4, 0.5) is 4.39 Å². The van der Waals surface area contributed by atoms with E-state index in [0.29, 0.717) is 0 Å². The number of rotatable bonds is 4. The predicted molar refractivity (Wildman–Crippen MR) is 90.3 cm³/mol. The molecule has 2 atom stereocenters. The van der Waals surface area contributed by atoms with Gasteiger partial charge in [0.15, 0.2) is 5.76 Å². The number of nitrogens with zero attached hydrogens (tertiary/aromatic N) is 3. The number of amides is 1. The van der Waals surface area contributed by atoms with Gasteiger partial charge in [-0.25, -0.2) is 4.39 Å². The molecule has 1 aliphatic heterocycles. The molecule has 1 aliphatic carbocycles. The molecule has 25 heavy (non-hydrogen) atoms. The quantitative estimate of drug-likeness (QED) is 0.856. The smallest absolute Gasteiger partial charge is 0.226 e. The number of benzene rings is 1. The predicted octanol–water partition coefficient (Wildman–Crippen LogP) is 2.57. The van der Waals surface area contributed by atoms with Gasteiger partial charge in [-0.05, 0) is 37.0 Å². The Kier molecular flexibility index (Phi) is 4.29. The summed E-state index contributed by atoms with van der Waals surface area (Å²) in [6, 6.07) is 8.49. The molecule has 1 aromatic carbocycles. The summed E-state index contributed by atoms with van der Waals surface area (Å²) in [6.07, 6.45) is 0.877. The molecule has 0 spiro atoms. The zero-order valence-corrected chi connectivity index (χ0v) is 14.3. The molecule has 1 aromatic heterocycles. The second-order valence-corrected chi connectivity index (χ2v) is 7.04. The second-order valence-electron chi connectivity index (χ2n) is 7.04. The van der Waals surface area contributed by atoms with E-state index in [1.165, 1.54) is 12.1 Å². The fraction of sp³-hybridized carbons (Fsp3) is 0.474. The van der Waals surface area contributed by atoms with Gasteiger partial charge in [-0.15, -0.1) is 0 Å². The molecular formula is C19H22FN3O2. The maximum absolute atomic E-state index is 13.0. The Morgan fingerprint density at radius 3 is 2.60 bits per heavy atom. The molecule has 1 saturated carbocycles. The van der Waals surface area contributed by atoms with Crippen LogP contribution in [-0.2, 0) is 11.3 Å². The molecule has 2 heterocycles. The summed E-state index contributed by atoms with van der Waals surface area (Å²) in [5.74, 6) is 1.20. The van der Waals surface area contributed by atoms with Crippen molar-refractivity contribution in [2.45, 2.75) is 25.8 Å². The summed E-state index contributed by atoms with van der Waals surface area (Å²) in [7, 11) is 0. The van der Waals surface area contributed by atoms with E-state index in [0.717, 1.165) is 56.2 Å². The molecule has 132 valence electrons. The van der Waals surface area contributed by atoms with Crippen LogP contribution >= 0.6 is 0 Å². The van der Waals surface area contributed by atoms with Crippen LogP contribution in [-0.4, -0.2) is 47.0 Å². The molecule has 0 bridgehead atoms. The molecule has 4 rings (SSSR count). The van der Waals surface area contributed by atoms with E-state index in [4.69, 9.17) is 4.52 Å². The normalized spacial score (nSPS) is 23.7. The standard InChI is InChI=1S/C19H22FN3O2/c1-13-10-16(25-21-13)12-22-6-8-23(9-7-22)19(24)18-11-17(18)14-2-4-15(20)5-3-14/h2-5,10,17-18H,6-9,11-12H2,1H3/t17-,18-/m0/s1. The van der Waals surface area contributed by atoms with E-state index in [9.17, 15) is 9.18 Å². The van der Waals surface area contributed by atoms with Gasteiger partial charge in [0, 0.05) is 38.2 Å². The Morgan fingerprint density at radius 1 is 1.24 bits per heavy atom. The number of hydrogen-bond donors (Lipinski definition) is 0. The zero-order chi connectivity index (χ0) is 17.4. The minimum Gasteiger partial charge on any atom is -0.360 e. The van der Waals surface area contributed by atoms with Gasteiger partial charge in [0.25, 0.3) is 0 Å². The molecule has 0 unspecified atom stereocenters. The van der Waals surface area contributed by atoms with Crippen molar-refractivity contribution in [1.29, 1.82) is 0 Å². The van der Waals surface area contributed by atoms with Crippen molar-refractivity contribution < 1.29 is 13.7 Å². The highest BCUT2D eigenvalue weighted by Crippen LogP contribution is 2.48. The van der Waals surface area contributed by atoms with Crippen LogP contribution in [0.2, 0.25) is 0 Å². The van der Waals surface area contributed by atoms with Crippen LogP contribution < -0.4 is 0 Å². The van der Waals surface area contributed by atoms with Crippen LogP contribution in [0.15, 0.2) is 34.9 Å². The van der Waals surface area contributed by atoms with E-state index in [1.807, 2.05) is 17.9 Å². The van der Waals surface area contributed by atoms with Gasteiger partial charge < -0.3 is 9.42 Å². The van der Waals surface area contributed by atoms with Gasteiger partial charge >= 0.3 is 0 Å². The number of piperazine rings is 1. The first-order chi connectivity index (χ1) is 12.1. The number of aryl methyl sites for hydroxylation is 1. The van der Waals surface area contributed by atoms with E-state index in [-0.39, 0.29) is 23.6 Å². The molecule has 0 radical (unpaired) electrons. The first kappa shape index (κ1) is 16.3. The van der Waals surface area contributed by atoms with Gasteiger partial charge in [0.2, 0.25) is 5.91 Å². The molecule has 1 amide bonds. The lowest BCUT2D eigenvalue weighted by Gasteiger charge is -2.34. The van der Waals surface area contributed by atoms with E-state index < -0.39 is 0 Å². The van der Waals surface area contributed by atoms with Crippen molar-refractivity contribution in [2.75, 3.05) is 26.2 Å². The van der Waals surface area contributed by atoms with Crippen molar-refractivity contribution in [2.24, 2.45) is 5.92 Å². The molecule has 1 saturated heterocycles. The topological polar surface area (TPSA) is 49.6 Å². The summed E-state index contributed by atoms with van der Waals surface area (Å²) in [5.41, 5.74) is 1.96. The first-order valence-corrected chi connectivity index (χ1v) is 8.79. The highest BCUT2D eigenvalue weighted by molar-refractivity contribution is 5.83. The SMILES string of the molecule is Cc1cc(CN2CCN(C(=O)[C@H]3C[C@H]3c3ccc(F)cc3)CC2)on1. The Bertz CT molecular complexity index is 750. The average molecular weight is 343 g/mol. The molecule has 6 heteroatoms. The summed E-state index contributed by atoms with van der Waals surface area (Å²) in [6.45, 7) is 5.84. The molecule has 2 fully saturated rings. The maximum Gasteiger partial charge on any atom is 0.226 e. The van der Waals surface area contributed by atoms with Crippen molar-refractivity contribution in [1.82, 2.24) is 15.0 Å². The van der Waals surface area contributed by atoms with Crippen molar-refractivity contribution >= 4 is 5.91 Å². The number of carbonyl (C=O) groups excluding carboxylic acids is 1. The van der Waals surface area contributed by atoms with Gasteiger partial charge in [0.1, 0.15) is 5.82 Å². The van der Waals surface area contributed by atoms with Crippen molar-refractivity contribution in [3.63, 3.8) is 0 Å². The Hall–Kier alpha value is -2.21. The third-order valence-electron chi connectivity index (χ3n) is 5.15. The minimum atomic E-state index is -0.231. The zero-order valence-electron chi connectivity index (χ0n) is 14.3. The summed E-state index contributed by atoms with van der Waals surface area (Å²) >= 11 is 0. The summed E-state index contributed by atoms with van der Waals surface area (Å²) in [5, 5.41) is 3.91. The van der Waals surface area contributed by atoms with Gasteiger partial charge in [-0.3, -0.25) is 9.69 Å². The molecule has 0 N–H and O–H groups in total. The number of halogens is 1. The van der Waals surface area contributed by atoms with E-state index in [1.54, 1.807) is 12.1 Å². The Morgan fingerprint density at radius 2 is 1.96 bits per heavy atom. The average Bonchev–Trinajstić information content (AvgIpc) is 3.31. The highest BCUT2D eigenvalue weighted by Gasteiger charge is 2.46.